The van der Waals surface area contributed by atoms with Crippen molar-refractivity contribution in [3.05, 3.63) is 47.4 Å². The van der Waals surface area contributed by atoms with Crippen LogP contribution in [0.15, 0.2) is 30.3 Å². The Kier molecular flexibility index (Phi) is 9.78. The summed E-state index contributed by atoms with van der Waals surface area (Å²) in [5.74, 6) is -1.07. The van der Waals surface area contributed by atoms with Gasteiger partial charge in [-0.15, -0.1) is 0 Å². The number of hydrogen-bond acceptors (Lipinski definition) is 8. The number of hydrogen-bond donors (Lipinski definition) is 2. The molecule has 2 aromatic rings. The SMILES string of the molecule is CO[C@@H]1CCN(C(=O)OC(C)(C)C)C[C@@H](C(=O)N[C@H](C#N)Cc2ccc(-c3ccc4c(n3)CCCN4)cc2F)OC1. The molecule has 0 unspecified atom stereocenters. The van der Waals surface area contributed by atoms with Crippen LogP contribution in [0.1, 0.15) is 44.9 Å². The summed E-state index contributed by atoms with van der Waals surface area (Å²) in [6, 6.07) is 9.61. The van der Waals surface area contributed by atoms with Crippen molar-refractivity contribution in [2.24, 2.45) is 0 Å². The number of aromatic nitrogens is 1. The van der Waals surface area contributed by atoms with Crippen LogP contribution in [0, 0.1) is 17.1 Å². The number of nitrogens with zero attached hydrogens (tertiary/aromatic N) is 3. The molecule has 0 bridgehead atoms. The molecule has 10 nitrogen and oxygen atoms in total. The number of benzene rings is 1. The molecule has 2 aliphatic heterocycles. The van der Waals surface area contributed by atoms with Crippen LogP contribution in [0.3, 0.4) is 0 Å². The van der Waals surface area contributed by atoms with Crippen LogP contribution < -0.4 is 10.6 Å². The maximum Gasteiger partial charge on any atom is 0.410 e. The minimum atomic E-state index is -1.06. The smallest absolute Gasteiger partial charge is 0.410 e. The van der Waals surface area contributed by atoms with Crippen molar-refractivity contribution in [3.8, 4) is 17.3 Å². The highest BCUT2D eigenvalue weighted by atomic mass is 19.1. The third kappa shape index (κ3) is 8.15. The van der Waals surface area contributed by atoms with Crippen molar-refractivity contribution in [1.82, 2.24) is 15.2 Å². The van der Waals surface area contributed by atoms with Crippen molar-refractivity contribution in [2.75, 3.05) is 38.7 Å². The Bertz CT molecular complexity index is 1290. The van der Waals surface area contributed by atoms with E-state index in [1.54, 1.807) is 32.9 Å². The van der Waals surface area contributed by atoms with Gasteiger partial charge >= 0.3 is 6.09 Å². The zero-order valence-electron chi connectivity index (χ0n) is 24.0. The van der Waals surface area contributed by atoms with E-state index in [1.807, 2.05) is 18.2 Å². The molecule has 3 atom stereocenters. The van der Waals surface area contributed by atoms with Crippen molar-refractivity contribution in [1.29, 1.82) is 5.26 Å². The van der Waals surface area contributed by atoms with E-state index in [2.05, 4.69) is 15.6 Å². The Morgan fingerprint density at radius 2 is 2.12 bits per heavy atom. The molecule has 4 rings (SSSR count). The van der Waals surface area contributed by atoms with Crippen molar-refractivity contribution in [2.45, 2.75) is 70.3 Å². The number of amides is 2. The molecular formula is C30H38FN5O5. The molecule has 1 saturated heterocycles. The van der Waals surface area contributed by atoms with Gasteiger partial charge in [-0.1, -0.05) is 12.1 Å². The number of carbonyl (C=O) groups is 2. The zero-order chi connectivity index (χ0) is 29.6. The van der Waals surface area contributed by atoms with E-state index >= 15 is 4.39 Å². The highest BCUT2D eigenvalue weighted by Crippen LogP contribution is 2.26. The van der Waals surface area contributed by atoms with Crippen LogP contribution in [0.5, 0.6) is 0 Å². The van der Waals surface area contributed by atoms with E-state index in [0.29, 0.717) is 24.2 Å². The number of anilines is 1. The number of rotatable bonds is 6. The highest BCUT2D eigenvalue weighted by molar-refractivity contribution is 5.82. The second-order valence-electron chi connectivity index (χ2n) is 11.3. The van der Waals surface area contributed by atoms with Crippen LogP contribution in [-0.2, 0) is 31.8 Å². The number of ether oxygens (including phenoxy) is 3. The molecule has 0 saturated carbocycles. The highest BCUT2D eigenvalue weighted by Gasteiger charge is 2.32. The first-order valence-electron chi connectivity index (χ1n) is 13.9. The molecule has 220 valence electrons. The predicted octanol–water partition coefficient (Wildman–Crippen LogP) is 3.84. The summed E-state index contributed by atoms with van der Waals surface area (Å²) in [5, 5.41) is 15.7. The molecule has 11 heteroatoms. The van der Waals surface area contributed by atoms with Gasteiger partial charge in [-0.25, -0.2) is 9.18 Å². The Labute approximate surface area is 240 Å². The maximum absolute atomic E-state index is 15.2. The predicted molar refractivity (Wildman–Crippen MR) is 151 cm³/mol. The first kappa shape index (κ1) is 30.2. The quantitative estimate of drug-likeness (QED) is 0.540. The van der Waals surface area contributed by atoms with Crippen LogP contribution in [0.2, 0.25) is 0 Å². The molecule has 0 radical (unpaired) electrons. The second kappa shape index (κ2) is 13.3. The number of methoxy groups -OCH3 is 1. The summed E-state index contributed by atoms with van der Waals surface area (Å²) in [5.41, 5.74) is 2.85. The lowest BCUT2D eigenvalue weighted by Crippen LogP contribution is -2.52. The number of aryl methyl sites for hydroxylation is 1. The molecular weight excluding hydrogens is 529 g/mol. The maximum atomic E-state index is 15.2. The number of fused-ring (bicyclic) bond motifs is 1. The molecule has 2 aliphatic rings. The summed E-state index contributed by atoms with van der Waals surface area (Å²) in [4.78, 5) is 32.1. The topological polar surface area (TPSA) is 126 Å². The number of carbonyl (C=O) groups excluding carboxylic acids is 2. The van der Waals surface area contributed by atoms with Gasteiger partial charge in [0.05, 0.1) is 42.4 Å². The molecule has 0 spiro atoms. The fraction of sp³-hybridized carbons (Fsp3) is 0.533. The van der Waals surface area contributed by atoms with Crippen LogP contribution in [0.25, 0.3) is 11.3 Å². The van der Waals surface area contributed by atoms with E-state index in [-0.39, 0.29) is 31.2 Å². The summed E-state index contributed by atoms with van der Waals surface area (Å²) < 4.78 is 31.9. The van der Waals surface area contributed by atoms with Gasteiger partial charge in [0.2, 0.25) is 0 Å². The summed E-state index contributed by atoms with van der Waals surface area (Å²) in [7, 11) is 1.53. The standard InChI is InChI=1S/C30H38FN5O5/c1-30(2,3)41-29(38)36-13-11-22(39-4)18-40-27(17-36)28(37)34-21(16-32)14-19-7-8-20(15-23(19)31)24-9-10-25-26(35-24)6-5-12-33-25/h7-10,15,21-22,27,33H,5-6,11-14,17-18H2,1-4H3,(H,34,37)/t21-,22+,27-/m0/s1. The molecule has 1 aromatic carbocycles. The molecule has 41 heavy (non-hydrogen) atoms. The van der Waals surface area contributed by atoms with E-state index in [1.165, 1.54) is 18.1 Å². The van der Waals surface area contributed by atoms with Gasteiger partial charge in [0.15, 0.2) is 6.10 Å². The lowest BCUT2D eigenvalue weighted by Gasteiger charge is -2.33. The van der Waals surface area contributed by atoms with E-state index in [9.17, 15) is 14.9 Å². The van der Waals surface area contributed by atoms with Crippen LogP contribution in [0.4, 0.5) is 14.9 Å². The summed E-state index contributed by atoms with van der Waals surface area (Å²) in [6.45, 7) is 6.61. The Morgan fingerprint density at radius 3 is 2.83 bits per heavy atom. The number of halogens is 1. The largest absolute Gasteiger partial charge is 0.444 e. The fourth-order valence-corrected chi connectivity index (χ4v) is 4.77. The average molecular weight is 568 g/mol. The average Bonchev–Trinajstić information content (AvgIpc) is 2.92. The van der Waals surface area contributed by atoms with Gasteiger partial charge in [-0.3, -0.25) is 9.78 Å². The van der Waals surface area contributed by atoms with E-state index in [0.717, 1.165) is 30.8 Å². The first-order valence-corrected chi connectivity index (χ1v) is 13.9. The van der Waals surface area contributed by atoms with Crippen molar-refractivity contribution >= 4 is 17.7 Å². The minimum Gasteiger partial charge on any atom is -0.444 e. The fourth-order valence-electron chi connectivity index (χ4n) is 4.77. The Balaban J connectivity index is 1.43. The van der Waals surface area contributed by atoms with Gasteiger partial charge in [0.25, 0.3) is 5.91 Å². The molecule has 2 N–H and O–H groups in total. The summed E-state index contributed by atoms with van der Waals surface area (Å²) >= 11 is 0. The van der Waals surface area contributed by atoms with Crippen molar-refractivity contribution in [3.63, 3.8) is 0 Å². The number of nitriles is 1. The van der Waals surface area contributed by atoms with Gasteiger partial charge in [-0.05, 0) is 63.8 Å². The van der Waals surface area contributed by atoms with E-state index in [4.69, 9.17) is 14.2 Å². The van der Waals surface area contributed by atoms with Gasteiger partial charge in [0, 0.05) is 32.2 Å². The zero-order valence-corrected chi connectivity index (χ0v) is 24.0. The normalized spacial score (nSPS) is 20.0. The van der Waals surface area contributed by atoms with Gasteiger partial charge in [0.1, 0.15) is 17.5 Å². The van der Waals surface area contributed by atoms with Crippen molar-refractivity contribution < 1.29 is 28.2 Å². The molecule has 3 heterocycles. The molecule has 1 fully saturated rings. The lowest BCUT2D eigenvalue weighted by molar-refractivity contribution is -0.139. The monoisotopic (exact) mass is 567 g/mol. The Morgan fingerprint density at radius 1 is 1.32 bits per heavy atom. The van der Waals surface area contributed by atoms with Gasteiger partial charge in [-0.2, -0.15) is 5.26 Å². The van der Waals surface area contributed by atoms with Crippen LogP contribution in [-0.4, -0.2) is 79.1 Å². The molecule has 2 amide bonds. The van der Waals surface area contributed by atoms with Gasteiger partial charge < -0.3 is 29.7 Å². The lowest BCUT2D eigenvalue weighted by atomic mass is 10.0. The number of pyridine rings is 1. The second-order valence-corrected chi connectivity index (χ2v) is 11.3. The molecule has 0 aliphatic carbocycles. The van der Waals surface area contributed by atoms with Crippen LogP contribution >= 0.6 is 0 Å². The minimum absolute atomic E-state index is 0.0426. The number of nitrogens with one attached hydrogen (secondary N) is 2. The summed E-state index contributed by atoms with van der Waals surface area (Å²) in [6.07, 6.45) is 0.378. The third-order valence-corrected chi connectivity index (χ3v) is 6.99. The van der Waals surface area contributed by atoms with E-state index < -0.39 is 35.6 Å². The third-order valence-electron chi connectivity index (χ3n) is 6.99. The molecule has 1 aromatic heterocycles. The first-order chi connectivity index (χ1) is 19.6. The Hall–Kier alpha value is -3.75.